The summed E-state index contributed by atoms with van der Waals surface area (Å²) in [4.78, 5) is 36.4. The Morgan fingerprint density at radius 1 is 1.08 bits per heavy atom. The molecule has 0 aliphatic carbocycles. The molecule has 1 heterocycles. The van der Waals surface area contributed by atoms with Crippen molar-refractivity contribution in [3.05, 3.63) is 60.2 Å². The molecule has 0 aromatic heterocycles. The second-order valence-corrected chi connectivity index (χ2v) is 5.30. The van der Waals surface area contributed by atoms with Gasteiger partial charge in [-0.25, -0.2) is 9.96 Å². The molecular formula is C17H13N2O5-. The summed E-state index contributed by atoms with van der Waals surface area (Å²) >= 11 is 0. The lowest BCUT2D eigenvalue weighted by molar-refractivity contribution is -0.255. The number of carbonyl (C=O) groups excluding carboxylic acids is 3. The predicted octanol–water partition coefficient (Wildman–Crippen LogP) is 0.578. The fraction of sp³-hybridized carbons (Fsp3) is 0.118. The van der Waals surface area contributed by atoms with Crippen molar-refractivity contribution in [1.82, 2.24) is 0 Å². The fourth-order valence-corrected chi connectivity index (χ4v) is 2.59. The van der Waals surface area contributed by atoms with Crippen molar-refractivity contribution < 1.29 is 24.7 Å². The van der Waals surface area contributed by atoms with E-state index < -0.39 is 23.8 Å². The SMILES string of the molecule is O=C([O-])c1ccc(N2C(=O)C[C@@H](N(O)c3ccccc3)C2=O)cc1. The zero-order chi connectivity index (χ0) is 17.3. The number of hydroxylamine groups is 1. The van der Waals surface area contributed by atoms with Crippen molar-refractivity contribution in [2.45, 2.75) is 12.5 Å². The Morgan fingerprint density at radius 3 is 2.29 bits per heavy atom. The van der Waals surface area contributed by atoms with Crippen molar-refractivity contribution >= 4 is 29.2 Å². The van der Waals surface area contributed by atoms with Gasteiger partial charge in [0.25, 0.3) is 5.91 Å². The van der Waals surface area contributed by atoms with Gasteiger partial charge in [0.1, 0.15) is 6.04 Å². The van der Waals surface area contributed by atoms with Crippen molar-refractivity contribution in [2.24, 2.45) is 0 Å². The van der Waals surface area contributed by atoms with E-state index in [2.05, 4.69) is 0 Å². The average Bonchev–Trinajstić information content (AvgIpc) is 2.89. The van der Waals surface area contributed by atoms with Gasteiger partial charge in [-0.2, -0.15) is 0 Å². The molecule has 1 fully saturated rings. The van der Waals surface area contributed by atoms with E-state index in [1.165, 1.54) is 24.3 Å². The summed E-state index contributed by atoms with van der Waals surface area (Å²) in [6, 6.07) is 12.6. The van der Waals surface area contributed by atoms with Crippen LogP contribution in [0.2, 0.25) is 0 Å². The number of aromatic carboxylic acids is 1. The van der Waals surface area contributed by atoms with E-state index in [1.807, 2.05) is 0 Å². The molecule has 1 aliphatic rings. The Labute approximate surface area is 137 Å². The maximum atomic E-state index is 12.5. The van der Waals surface area contributed by atoms with Crippen LogP contribution in [0.1, 0.15) is 16.8 Å². The van der Waals surface area contributed by atoms with Crippen LogP contribution in [0.3, 0.4) is 0 Å². The van der Waals surface area contributed by atoms with E-state index >= 15 is 0 Å². The van der Waals surface area contributed by atoms with Crippen LogP contribution < -0.4 is 15.1 Å². The Kier molecular flexibility index (Phi) is 4.01. The highest BCUT2D eigenvalue weighted by atomic mass is 16.5. The van der Waals surface area contributed by atoms with Crippen LogP contribution in [0.15, 0.2) is 54.6 Å². The normalized spacial score (nSPS) is 17.2. The van der Waals surface area contributed by atoms with Gasteiger partial charge < -0.3 is 9.90 Å². The van der Waals surface area contributed by atoms with Gasteiger partial charge in [0, 0.05) is 0 Å². The Bertz CT molecular complexity index is 788. The lowest BCUT2D eigenvalue weighted by Gasteiger charge is -2.22. The number of hydrogen-bond acceptors (Lipinski definition) is 6. The molecule has 7 heteroatoms. The first-order valence-electron chi connectivity index (χ1n) is 7.20. The quantitative estimate of drug-likeness (QED) is 0.652. The third kappa shape index (κ3) is 2.72. The van der Waals surface area contributed by atoms with Crippen molar-refractivity contribution in [2.75, 3.05) is 9.96 Å². The van der Waals surface area contributed by atoms with Gasteiger partial charge in [0.2, 0.25) is 5.91 Å². The van der Waals surface area contributed by atoms with Gasteiger partial charge in [-0.3, -0.25) is 14.8 Å². The number of carboxylic acid groups (broad SMARTS) is 1. The second kappa shape index (κ2) is 6.13. The first kappa shape index (κ1) is 15.7. The van der Waals surface area contributed by atoms with E-state index in [1.54, 1.807) is 30.3 Å². The van der Waals surface area contributed by atoms with Gasteiger partial charge in [0.05, 0.1) is 23.8 Å². The minimum atomic E-state index is -1.34. The molecule has 0 radical (unpaired) electrons. The van der Waals surface area contributed by atoms with Crippen molar-refractivity contribution in [3.63, 3.8) is 0 Å². The number of carbonyl (C=O) groups is 3. The number of rotatable bonds is 4. The first-order valence-corrected chi connectivity index (χ1v) is 7.20. The van der Waals surface area contributed by atoms with Gasteiger partial charge >= 0.3 is 0 Å². The van der Waals surface area contributed by atoms with Crippen LogP contribution >= 0.6 is 0 Å². The highest BCUT2D eigenvalue weighted by molar-refractivity contribution is 6.23. The van der Waals surface area contributed by atoms with E-state index in [0.29, 0.717) is 5.69 Å². The summed E-state index contributed by atoms with van der Waals surface area (Å²) in [5.41, 5.74) is 0.597. The minimum absolute atomic E-state index is 0.0533. The predicted molar refractivity (Wildman–Crippen MR) is 82.4 cm³/mol. The summed E-state index contributed by atoms with van der Waals surface area (Å²) < 4.78 is 0. The molecule has 0 spiro atoms. The number of carboxylic acids is 1. The summed E-state index contributed by atoms with van der Waals surface area (Å²) in [5.74, 6) is -2.39. The lowest BCUT2D eigenvalue weighted by Crippen LogP contribution is -2.40. The van der Waals surface area contributed by atoms with Crippen LogP contribution in [0.25, 0.3) is 0 Å². The lowest BCUT2D eigenvalue weighted by atomic mass is 10.2. The summed E-state index contributed by atoms with van der Waals surface area (Å²) in [7, 11) is 0. The van der Waals surface area contributed by atoms with Crippen molar-refractivity contribution in [1.29, 1.82) is 0 Å². The largest absolute Gasteiger partial charge is 0.545 e. The zero-order valence-corrected chi connectivity index (χ0v) is 12.5. The molecule has 24 heavy (non-hydrogen) atoms. The Hall–Kier alpha value is -3.19. The van der Waals surface area contributed by atoms with E-state index in [9.17, 15) is 24.7 Å². The molecule has 0 saturated carbocycles. The second-order valence-electron chi connectivity index (χ2n) is 5.30. The molecule has 1 atom stereocenters. The number of amides is 2. The van der Waals surface area contributed by atoms with Gasteiger partial charge in [-0.15, -0.1) is 0 Å². The van der Waals surface area contributed by atoms with Gasteiger partial charge in [-0.1, -0.05) is 30.3 Å². The van der Waals surface area contributed by atoms with Crippen molar-refractivity contribution in [3.8, 4) is 0 Å². The van der Waals surface area contributed by atoms with Crippen LogP contribution in [0.4, 0.5) is 11.4 Å². The summed E-state index contributed by atoms with van der Waals surface area (Å²) in [6.07, 6.45) is -0.174. The van der Waals surface area contributed by atoms with Gasteiger partial charge in [0.15, 0.2) is 0 Å². The topological polar surface area (TPSA) is 101 Å². The maximum Gasteiger partial charge on any atom is 0.259 e. The van der Waals surface area contributed by atoms with E-state index in [-0.39, 0.29) is 17.7 Å². The van der Waals surface area contributed by atoms with E-state index in [0.717, 1.165) is 9.96 Å². The third-order valence-corrected chi connectivity index (χ3v) is 3.80. The molecule has 7 nitrogen and oxygen atoms in total. The smallest absolute Gasteiger partial charge is 0.259 e. The molecule has 1 N–H and O–H groups in total. The Morgan fingerprint density at radius 2 is 1.71 bits per heavy atom. The fourth-order valence-electron chi connectivity index (χ4n) is 2.59. The number of anilines is 2. The number of para-hydroxylation sites is 1. The standard InChI is InChI=1S/C17H14N2O5/c20-15-10-14(19(24)13-4-2-1-3-5-13)16(21)18(15)12-8-6-11(7-9-12)17(22)23/h1-9,14,24H,10H2,(H,22,23)/p-1/t14-/m1/s1. The van der Waals surface area contributed by atoms with Crippen LogP contribution in [0, 0.1) is 0 Å². The summed E-state index contributed by atoms with van der Waals surface area (Å²) in [5, 5.41) is 21.8. The maximum absolute atomic E-state index is 12.5. The molecule has 2 amide bonds. The van der Waals surface area contributed by atoms with Crippen LogP contribution in [-0.2, 0) is 9.59 Å². The molecule has 0 bridgehead atoms. The van der Waals surface area contributed by atoms with Gasteiger partial charge in [-0.05, 0) is 29.8 Å². The zero-order valence-electron chi connectivity index (χ0n) is 12.5. The average molecular weight is 325 g/mol. The molecule has 2 aromatic rings. The number of benzene rings is 2. The molecule has 0 unspecified atom stereocenters. The molecule has 122 valence electrons. The minimum Gasteiger partial charge on any atom is -0.545 e. The van der Waals surface area contributed by atoms with Crippen LogP contribution in [0.5, 0.6) is 0 Å². The highest BCUT2D eigenvalue weighted by Crippen LogP contribution is 2.27. The first-order chi connectivity index (χ1) is 11.5. The third-order valence-electron chi connectivity index (χ3n) is 3.80. The van der Waals surface area contributed by atoms with E-state index in [4.69, 9.17) is 0 Å². The number of hydrogen-bond donors (Lipinski definition) is 1. The number of nitrogens with zero attached hydrogens (tertiary/aromatic N) is 2. The molecule has 1 saturated heterocycles. The number of imide groups is 1. The highest BCUT2D eigenvalue weighted by Gasteiger charge is 2.43. The van der Waals surface area contributed by atoms with Crippen LogP contribution in [-0.4, -0.2) is 29.0 Å². The molecular weight excluding hydrogens is 312 g/mol. The molecule has 1 aliphatic heterocycles. The molecule has 2 aromatic carbocycles. The Balaban J connectivity index is 1.85. The summed E-state index contributed by atoms with van der Waals surface area (Å²) in [6.45, 7) is 0. The molecule has 3 rings (SSSR count). The monoisotopic (exact) mass is 325 g/mol.